The average molecular weight is 475 g/mol. The van der Waals surface area contributed by atoms with Gasteiger partial charge in [-0.25, -0.2) is 4.79 Å². The van der Waals surface area contributed by atoms with Crippen molar-refractivity contribution in [3.05, 3.63) is 59.7 Å². The number of rotatable bonds is 16. The molecule has 186 valence electrons. The maximum Gasteiger partial charge on any atom is 0.335 e. The van der Waals surface area contributed by atoms with E-state index in [1.54, 1.807) is 13.0 Å². The molecule has 2 aromatic carbocycles. The Labute approximate surface area is 201 Å². The number of ether oxygens (including phenoxy) is 3. The summed E-state index contributed by atoms with van der Waals surface area (Å²) in [5, 5.41) is 0. The summed E-state index contributed by atoms with van der Waals surface area (Å²) in [7, 11) is 0. The summed E-state index contributed by atoms with van der Waals surface area (Å²) in [4.78, 5) is 32.5. The molecule has 2 rings (SSSR count). The predicted octanol–water partition coefficient (Wildman–Crippen LogP) is 4.95. The molecule has 0 N–H and O–H groups in total. The second-order valence-electron chi connectivity index (χ2n) is 6.97. The SMILES string of the molecule is CCOOc1cc(/C=C/COc2ccc(C[C@H](OCC)C(=O)OCC)cc2)cc(OOCC)c1. The highest BCUT2D eigenvalue weighted by Crippen LogP contribution is 2.24. The second kappa shape index (κ2) is 15.7. The van der Waals surface area contributed by atoms with Crippen LogP contribution < -0.4 is 14.5 Å². The highest BCUT2D eigenvalue weighted by molar-refractivity contribution is 5.75. The molecule has 0 bridgehead atoms. The second-order valence-corrected chi connectivity index (χ2v) is 6.97. The van der Waals surface area contributed by atoms with Crippen LogP contribution in [-0.4, -0.2) is 45.1 Å². The van der Waals surface area contributed by atoms with E-state index in [4.69, 9.17) is 33.8 Å². The third-order valence-corrected chi connectivity index (χ3v) is 4.37. The molecular weight excluding hydrogens is 440 g/mol. The Balaban J connectivity index is 1.93. The number of esters is 1. The van der Waals surface area contributed by atoms with Gasteiger partial charge >= 0.3 is 5.97 Å². The number of carbonyl (C=O) groups excluding carboxylic acids is 1. The fraction of sp³-hybridized carbons (Fsp3) is 0.423. The summed E-state index contributed by atoms with van der Waals surface area (Å²) in [6, 6.07) is 12.9. The predicted molar refractivity (Wildman–Crippen MR) is 128 cm³/mol. The van der Waals surface area contributed by atoms with Gasteiger partial charge in [-0.2, -0.15) is 9.78 Å². The van der Waals surface area contributed by atoms with Gasteiger partial charge < -0.3 is 24.0 Å². The first-order valence-electron chi connectivity index (χ1n) is 11.5. The van der Waals surface area contributed by atoms with Crippen molar-refractivity contribution in [2.24, 2.45) is 0 Å². The first-order valence-corrected chi connectivity index (χ1v) is 11.5. The van der Waals surface area contributed by atoms with Gasteiger partial charge in [-0.1, -0.05) is 18.2 Å². The molecule has 0 aliphatic heterocycles. The standard InChI is InChI=1S/C26H34O8/c1-5-28-25(26(27)29-6-2)18-20-11-13-22(14-12-20)30-15-9-10-21-16-23(33-31-7-3)19-24(17-21)34-32-8-4/h9-14,16-17,19,25H,5-8,15,18H2,1-4H3/b10-9+/t25-/m0/s1. The molecule has 0 aliphatic carbocycles. The van der Waals surface area contributed by atoms with Crippen molar-refractivity contribution in [1.82, 2.24) is 0 Å². The average Bonchev–Trinajstić information content (AvgIpc) is 2.85. The van der Waals surface area contributed by atoms with E-state index in [1.807, 2.05) is 69.3 Å². The normalized spacial score (nSPS) is 11.9. The van der Waals surface area contributed by atoms with Crippen LogP contribution in [0.3, 0.4) is 0 Å². The van der Waals surface area contributed by atoms with Gasteiger partial charge in [-0.15, -0.1) is 0 Å². The fourth-order valence-electron chi connectivity index (χ4n) is 2.95. The maximum atomic E-state index is 12.0. The Morgan fingerprint density at radius 3 is 2.03 bits per heavy atom. The van der Waals surface area contributed by atoms with Crippen molar-refractivity contribution in [2.45, 2.75) is 40.2 Å². The van der Waals surface area contributed by atoms with Crippen LogP contribution in [0.1, 0.15) is 38.8 Å². The van der Waals surface area contributed by atoms with Gasteiger partial charge in [0.25, 0.3) is 0 Å². The van der Waals surface area contributed by atoms with Crippen molar-refractivity contribution >= 4 is 12.0 Å². The van der Waals surface area contributed by atoms with Crippen molar-refractivity contribution < 1.29 is 38.6 Å². The molecule has 34 heavy (non-hydrogen) atoms. The molecule has 1 atom stereocenters. The minimum absolute atomic E-state index is 0.327. The number of carbonyl (C=O) groups is 1. The van der Waals surface area contributed by atoms with Crippen molar-refractivity contribution in [3.8, 4) is 17.2 Å². The molecule has 0 amide bonds. The number of hydrogen-bond acceptors (Lipinski definition) is 8. The molecule has 0 saturated carbocycles. The summed E-state index contributed by atoms with van der Waals surface area (Å²) in [6.07, 6.45) is 3.60. The van der Waals surface area contributed by atoms with Crippen LogP contribution in [0.15, 0.2) is 48.5 Å². The molecule has 0 fully saturated rings. The molecule has 0 unspecified atom stereocenters. The number of benzene rings is 2. The zero-order valence-corrected chi connectivity index (χ0v) is 20.3. The lowest BCUT2D eigenvalue weighted by Gasteiger charge is -2.15. The lowest BCUT2D eigenvalue weighted by atomic mass is 10.1. The smallest absolute Gasteiger partial charge is 0.335 e. The van der Waals surface area contributed by atoms with Crippen LogP contribution in [0.4, 0.5) is 0 Å². The van der Waals surface area contributed by atoms with Gasteiger partial charge in [0.1, 0.15) is 12.4 Å². The molecular formula is C26H34O8. The fourth-order valence-corrected chi connectivity index (χ4v) is 2.95. The Hall–Kier alpha value is -3.07. The van der Waals surface area contributed by atoms with Gasteiger partial charge in [0, 0.05) is 19.1 Å². The maximum absolute atomic E-state index is 12.0. The molecule has 0 aromatic heterocycles. The molecule has 8 nitrogen and oxygen atoms in total. The molecule has 2 aromatic rings. The van der Waals surface area contributed by atoms with Crippen LogP contribution in [-0.2, 0) is 30.5 Å². The molecule has 0 heterocycles. The van der Waals surface area contributed by atoms with Gasteiger partial charge in [-0.3, -0.25) is 0 Å². The van der Waals surface area contributed by atoms with E-state index in [2.05, 4.69) is 0 Å². The van der Waals surface area contributed by atoms with Crippen LogP contribution in [0.2, 0.25) is 0 Å². The minimum atomic E-state index is -0.612. The van der Waals surface area contributed by atoms with Gasteiger partial charge in [-0.05, 0) is 69.2 Å². The van der Waals surface area contributed by atoms with E-state index in [-0.39, 0.29) is 5.97 Å². The van der Waals surface area contributed by atoms with E-state index < -0.39 is 6.10 Å². The number of hydrogen-bond donors (Lipinski definition) is 0. The zero-order valence-electron chi connectivity index (χ0n) is 20.3. The molecule has 0 spiro atoms. The van der Waals surface area contributed by atoms with E-state index in [1.165, 1.54) is 0 Å². The topological polar surface area (TPSA) is 81.7 Å². The first-order chi connectivity index (χ1) is 16.6. The molecule has 0 aliphatic rings. The van der Waals surface area contributed by atoms with Gasteiger partial charge in [0.15, 0.2) is 17.6 Å². The highest BCUT2D eigenvalue weighted by atomic mass is 17.2. The minimum Gasteiger partial charge on any atom is -0.490 e. The Kier molecular flexibility index (Phi) is 12.6. The van der Waals surface area contributed by atoms with Crippen LogP contribution in [0.5, 0.6) is 17.2 Å². The highest BCUT2D eigenvalue weighted by Gasteiger charge is 2.20. The van der Waals surface area contributed by atoms with Crippen molar-refractivity contribution in [2.75, 3.05) is 33.0 Å². The van der Waals surface area contributed by atoms with Crippen molar-refractivity contribution in [1.29, 1.82) is 0 Å². The zero-order chi connectivity index (χ0) is 24.6. The summed E-state index contributed by atoms with van der Waals surface area (Å²) >= 11 is 0. The summed E-state index contributed by atoms with van der Waals surface area (Å²) in [5.41, 5.74) is 1.80. The van der Waals surface area contributed by atoms with E-state index in [0.717, 1.165) is 11.1 Å². The molecule has 0 radical (unpaired) electrons. The Morgan fingerprint density at radius 2 is 1.47 bits per heavy atom. The van der Waals surface area contributed by atoms with E-state index in [0.29, 0.717) is 56.7 Å². The lowest BCUT2D eigenvalue weighted by Crippen LogP contribution is -2.28. The van der Waals surface area contributed by atoms with Crippen LogP contribution in [0, 0.1) is 0 Å². The quantitative estimate of drug-likeness (QED) is 0.192. The summed E-state index contributed by atoms with van der Waals surface area (Å²) in [5.74, 6) is 1.37. The largest absolute Gasteiger partial charge is 0.490 e. The molecule has 8 heteroatoms. The molecule has 0 saturated heterocycles. The summed E-state index contributed by atoms with van der Waals surface area (Å²) in [6.45, 7) is 9.28. The van der Waals surface area contributed by atoms with E-state index >= 15 is 0 Å². The monoisotopic (exact) mass is 474 g/mol. The third-order valence-electron chi connectivity index (χ3n) is 4.37. The third kappa shape index (κ3) is 9.82. The van der Waals surface area contributed by atoms with Gasteiger partial charge in [0.05, 0.1) is 19.8 Å². The Bertz CT molecular complexity index is 853. The Morgan fingerprint density at radius 1 is 0.824 bits per heavy atom. The van der Waals surface area contributed by atoms with Crippen LogP contribution >= 0.6 is 0 Å². The summed E-state index contributed by atoms with van der Waals surface area (Å²) < 4.78 is 16.4. The van der Waals surface area contributed by atoms with Crippen LogP contribution in [0.25, 0.3) is 6.08 Å². The van der Waals surface area contributed by atoms with Gasteiger partial charge in [0.2, 0.25) is 0 Å². The lowest BCUT2D eigenvalue weighted by molar-refractivity contribution is -0.207. The first kappa shape index (κ1) is 27.2. The van der Waals surface area contributed by atoms with Crippen molar-refractivity contribution in [3.63, 3.8) is 0 Å². The van der Waals surface area contributed by atoms with E-state index in [9.17, 15) is 4.79 Å².